The van der Waals surface area contributed by atoms with E-state index >= 15 is 0 Å². The maximum Gasteiger partial charge on any atom is 0.119 e. The lowest BCUT2D eigenvalue weighted by molar-refractivity contribution is 0.269. The monoisotopic (exact) mass is 305 g/mol. The van der Waals surface area contributed by atoms with Gasteiger partial charge in [0.15, 0.2) is 0 Å². The van der Waals surface area contributed by atoms with Crippen LogP contribution in [0.2, 0.25) is 5.02 Å². The molecule has 0 aromatic heterocycles. The smallest absolute Gasteiger partial charge is 0.119 e. The van der Waals surface area contributed by atoms with Crippen molar-refractivity contribution in [2.45, 2.75) is 12.5 Å². The second-order valence-corrected chi connectivity index (χ2v) is 5.24. The van der Waals surface area contributed by atoms with Gasteiger partial charge in [0.1, 0.15) is 18.1 Å². The summed E-state index contributed by atoms with van der Waals surface area (Å²) in [5, 5.41) is 3.99. The Kier molecular flexibility index (Phi) is 5.90. The Morgan fingerprint density at radius 1 is 1.10 bits per heavy atom. The van der Waals surface area contributed by atoms with Crippen molar-refractivity contribution in [2.75, 3.05) is 20.8 Å². The van der Waals surface area contributed by atoms with Gasteiger partial charge >= 0.3 is 0 Å². The summed E-state index contributed by atoms with van der Waals surface area (Å²) in [7, 11) is 3.62. The van der Waals surface area contributed by atoms with Gasteiger partial charge in [0.25, 0.3) is 0 Å². The predicted molar refractivity (Wildman–Crippen MR) is 86.5 cm³/mol. The van der Waals surface area contributed by atoms with Crippen LogP contribution in [0.3, 0.4) is 0 Å². The largest absolute Gasteiger partial charge is 0.497 e. The van der Waals surface area contributed by atoms with Crippen LogP contribution in [0.1, 0.15) is 5.56 Å². The van der Waals surface area contributed by atoms with Crippen molar-refractivity contribution in [1.29, 1.82) is 0 Å². The van der Waals surface area contributed by atoms with Crippen LogP contribution in [0.25, 0.3) is 0 Å². The molecule has 0 fully saturated rings. The first-order chi connectivity index (χ1) is 10.2. The van der Waals surface area contributed by atoms with Gasteiger partial charge in [-0.05, 0) is 55.4 Å². The highest BCUT2D eigenvalue weighted by atomic mass is 35.5. The van der Waals surface area contributed by atoms with E-state index in [2.05, 4.69) is 11.4 Å². The van der Waals surface area contributed by atoms with Crippen molar-refractivity contribution in [1.82, 2.24) is 5.32 Å². The molecule has 0 radical (unpaired) electrons. The molecule has 2 aromatic carbocycles. The van der Waals surface area contributed by atoms with Gasteiger partial charge in [0.05, 0.1) is 7.11 Å². The van der Waals surface area contributed by atoms with Gasteiger partial charge in [-0.2, -0.15) is 0 Å². The second-order valence-electron chi connectivity index (χ2n) is 4.81. The molecule has 0 heterocycles. The van der Waals surface area contributed by atoms with E-state index in [1.807, 2.05) is 49.5 Å². The Morgan fingerprint density at radius 2 is 1.86 bits per heavy atom. The minimum atomic E-state index is 0.229. The topological polar surface area (TPSA) is 30.5 Å². The first-order valence-electron chi connectivity index (χ1n) is 6.90. The summed E-state index contributed by atoms with van der Waals surface area (Å²) < 4.78 is 11.0. The number of likely N-dealkylation sites (N-methyl/N-ethyl adjacent to an activating group) is 1. The normalized spacial score (nSPS) is 12.0. The van der Waals surface area contributed by atoms with E-state index in [0.717, 1.165) is 17.9 Å². The van der Waals surface area contributed by atoms with Crippen molar-refractivity contribution in [3.63, 3.8) is 0 Å². The Morgan fingerprint density at radius 3 is 2.52 bits per heavy atom. The first kappa shape index (κ1) is 15.7. The molecule has 1 N–H and O–H groups in total. The van der Waals surface area contributed by atoms with E-state index in [1.54, 1.807) is 7.11 Å². The standard InChI is InChI=1S/C17H20ClNO2/c1-19-15(10-13-4-3-5-17(11-13)20-2)12-21-16-8-6-14(18)7-9-16/h3-9,11,15,19H,10,12H2,1-2H3. The summed E-state index contributed by atoms with van der Waals surface area (Å²) >= 11 is 5.86. The van der Waals surface area contributed by atoms with E-state index in [4.69, 9.17) is 21.1 Å². The molecule has 4 heteroatoms. The van der Waals surface area contributed by atoms with Crippen molar-refractivity contribution in [2.24, 2.45) is 0 Å². The van der Waals surface area contributed by atoms with Crippen molar-refractivity contribution >= 4 is 11.6 Å². The molecule has 0 saturated carbocycles. The summed E-state index contributed by atoms with van der Waals surface area (Å²) in [4.78, 5) is 0. The minimum Gasteiger partial charge on any atom is -0.497 e. The highest BCUT2D eigenvalue weighted by Gasteiger charge is 2.09. The number of ether oxygens (including phenoxy) is 2. The molecule has 0 aliphatic carbocycles. The average Bonchev–Trinajstić information content (AvgIpc) is 2.53. The number of hydrogen-bond donors (Lipinski definition) is 1. The van der Waals surface area contributed by atoms with Crippen LogP contribution in [0.15, 0.2) is 48.5 Å². The average molecular weight is 306 g/mol. The van der Waals surface area contributed by atoms with E-state index in [0.29, 0.717) is 11.6 Å². The molecule has 1 unspecified atom stereocenters. The Hall–Kier alpha value is -1.71. The Labute approximate surface area is 130 Å². The molecule has 3 nitrogen and oxygen atoms in total. The van der Waals surface area contributed by atoms with Gasteiger partial charge in [0.2, 0.25) is 0 Å². The van der Waals surface area contributed by atoms with Crippen LogP contribution < -0.4 is 14.8 Å². The number of nitrogens with one attached hydrogen (secondary N) is 1. The second kappa shape index (κ2) is 7.91. The molecule has 0 aliphatic rings. The fourth-order valence-corrected chi connectivity index (χ4v) is 2.18. The van der Waals surface area contributed by atoms with Gasteiger partial charge in [-0.1, -0.05) is 23.7 Å². The van der Waals surface area contributed by atoms with Crippen LogP contribution in [0.4, 0.5) is 0 Å². The molecule has 0 saturated heterocycles. The van der Waals surface area contributed by atoms with Crippen LogP contribution >= 0.6 is 11.6 Å². The van der Waals surface area contributed by atoms with Crippen LogP contribution in [-0.2, 0) is 6.42 Å². The summed E-state index contributed by atoms with van der Waals surface area (Å²) in [5.74, 6) is 1.70. The fourth-order valence-electron chi connectivity index (χ4n) is 2.06. The number of methoxy groups -OCH3 is 1. The Balaban J connectivity index is 1.91. The van der Waals surface area contributed by atoms with Crippen molar-refractivity contribution in [3.8, 4) is 11.5 Å². The van der Waals surface area contributed by atoms with Crippen LogP contribution in [0.5, 0.6) is 11.5 Å². The molecule has 1 atom stereocenters. The van der Waals surface area contributed by atoms with Gasteiger partial charge < -0.3 is 14.8 Å². The molecule has 0 aliphatic heterocycles. The summed E-state index contributed by atoms with van der Waals surface area (Å²) in [6.07, 6.45) is 0.876. The quantitative estimate of drug-likeness (QED) is 0.848. The molecule has 0 amide bonds. The summed E-state index contributed by atoms with van der Waals surface area (Å²) in [5.41, 5.74) is 1.22. The van der Waals surface area contributed by atoms with Gasteiger partial charge in [0, 0.05) is 11.1 Å². The number of hydrogen-bond acceptors (Lipinski definition) is 3. The molecule has 0 spiro atoms. The van der Waals surface area contributed by atoms with Crippen molar-refractivity contribution in [3.05, 3.63) is 59.1 Å². The lowest BCUT2D eigenvalue weighted by Crippen LogP contribution is -2.33. The third kappa shape index (κ3) is 4.96. The molecule has 2 rings (SSSR count). The number of rotatable bonds is 7. The predicted octanol–water partition coefficient (Wildman–Crippen LogP) is 3.56. The zero-order valence-electron chi connectivity index (χ0n) is 12.3. The maximum atomic E-state index is 5.86. The number of benzene rings is 2. The fraction of sp³-hybridized carbons (Fsp3) is 0.294. The molecular formula is C17H20ClNO2. The highest BCUT2D eigenvalue weighted by Crippen LogP contribution is 2.17. The minimum absolute atomic E-state index is 0.229. The lowest BCUT2D eigenvalue weighted by atomic mass is 10.1. The van der Waals surface area contributed by atoms with E-state index in [9.17, 15) is 0 Å². The molecule has 21 heavy (non-hydrogen) atoms. The zero-order valence-corrected chi connectivity index (χ0v) is 13.1. The van der Waals surface area contributed by atoms with Gasteiger partial charge in [-0.3, -0.25) is 0 Å². The van der Waals surface area contributed by atoms with E-state index in [-0.39, 0.29) is 6.04 Å². The van der Waals surface area contributed by atoms with Gasteiger partial charge in [-0.25, -0.2) is 0 Å². The lowest BCUT2D eigenvalue weighted by Gasteiger charge is -2.17. The zero-order chi connectivity index (χ0) is 15.1. The first-order valence-corrected chi connectivity index (χ1v) is 7.27. The van der Waals surface area contributed by atoms with Gasteiger partial charge in [-0.15, -0.1) is 0 Å². The van der Waals surface area contributed by atoms with E-state index in [1.165, 1.54) is 5.56 Å². The summed E-state index contributed by atoms with van der Waals surface area (Å²) in [6, 6.07) is 15.7. The molecule has 112 valence electrons. The Bertz CT molecular complexity index is 557. The third-order valence-electron chi connectivity index (χ3n) is 3.29. The van der Waals surface area contributed by atoms with Crippen LogP contribution in [0, 0.1) is 0 Å². The highest BCUT2D eigenvalue weighted by molar-refractivity contribution is 6.30. The molecule has 2 aromatic rings. The number of halogens is 1. The van der Waals surface area contributed by atoms with E-state index < -0.39 is 0 Å². The third-order valence-corrected chi connectivity index (χ3v) is 3.54. The maximum absolute atomic E-state index is 5.86. The summed E-state index contributed by atoms with van der Waals surface area (Å²) in [6.45, 7) is 0.593. The molecule has 0 bridgehead atoms. The SMILES string of the molecule is CNC(COc1ccc(Cl)cc1)Cc1cccc(OC)c1. The molecular weight excluding hydrogens is 286 g/mol. The van der Waals surface area contributed by atoms with Crippen molar-refractivity contribution < 1.29 is 9.47 Å². The van der Waals surface area contributed by atoms with Crippen LogP contribution in [-0.4, -0.2) is 26.8 Å².